The molecule has 8 heteroatoms. The third kappa shape index (κ3) is 7.09. The monoisotopic (exact) mass is 551 g/mol. The van der Waals surface area contributed by atoms with Crippen molar-refractivity contribution in [1.82, 2.24) is 20.2 Å². The fraction of sp³-hybridized carbons (Fsp3) is 0.417. The number of aryl methyl sites for hydroxylation is 3. The lowest BCUT2D eigenvalue weighted by Gasteiger charge is -2.15. The molecule has 3 rings (SSSR count). The van der Waals surface area contributed by atoms with Crippen LogP contribution in [-0.2, 0) is 17.8 Å². The van der Waals surface area contributed by atoms with E-state index >= 15 is 0 Å². The van der Waals surface area contributed by atoms with Gasteiger partial charge in [-0.2, -0.15) is 0 Å². The molecule has 1 aromatic heterocycles. The van der Waals surface area contributed by atoms with Crippen LogP contribution in [0.5, 0.6) is 5.75 Å². The van der Waals surface area contributed by atoms with Gasteiger partial charge in [-0.3, -0.25) is 4.99 Å². The van der Waals surface area contributed by atoms with Gasteiger partial charge in [0.15, 0.2) is 5.96 Å². The summed E-state index contributed by atoms with van der Waals surface area (Å²) in [5.74, 6) is 2.70. The number of guanidine groups is 1. The summed E-state index contributed by atoms with van der Waals surface area (Å²) < 4.78 is 13.2. The van der Waals surface area contributed by atoms with Crippen molar-refractivity contribution in [2.45, 2.75) is 33.4 Å². The minimum Gasteiger partial charge on any atom is -0.491 e. The van der Waals surface area contributed by atoms with Crippen molar-refractivity contribution in [2.24, 2.45) is 4.99 Å². The molecule has 2 aromatic carbocycles. The zero-order valence-electron chi connectivity index (χ0n) is 19.4. The van der Waals surface area contributed by atoms with Gasteiger partial charge in [0.05, 0.1) is 17.6 Å². The third-order valence-electron chi connectivity index (χ3n) is 5.13. The zero-order chi connectivity index (χ0) is 22.1. The van der Waals surface area contributed by atoms with Crippen LogP contribution in [0.2, 0.25) is 0 Å². The number of methoxy groups -OCH3 is 1. The molecule has 2 N–H and O–H groups in total. The van der Waals surface area contributed by atoms with E-state index in [1.54, 1.807) is 14.2 Å². The van der Waals surface area contributed by atoms with E-state index in [9.17, 15) is 0 Å². The van der Waals surface area contributed by atoms with Gasteiger partial charge in [0.2, 0.25) is 0 Å². The number of rotatable bonds is 10. The number of imidazole rings is 1. The summed E-state index contributed by atoms with van der Waals surface area (Å²) >= 11 is 0. The van der Waals surface area contributed by atoms with Crippen molar-refractivity contribution in [1.29, 1.82) is 0 Å². The van der Waals surface area contributed by atoms with Gasteiger partial charge in [0, 0.05) is 39.4 Å². The Kier molecular flexibility index (Phi) is 10.8. The molecule has 0 amide bonds. The number of aliphatic imine (C=N–C) groups is 1. The fourth-order valence-electron chi connectivity index (χ4n) is 3.50. The molecular formula is C24H34IN5O2. The molecule has 0 aliphatic heterocycles. The van der Waals surface area contributed by atoms with Crippen molar-refractivity contribution in [3.05, 3.63) is 59.4 Å². The molecule has 0 aliphatic rings. The van der Waals surface area contributed by atoms with Gasteiger partial charge >= 0.3 is 0 Å². The fourth-order valence-corrected chi connectivity index (χ4v) is 3.50. The SMILES string of the molecule is CN=C(NCCCn1c(C)nc2ccccc21)NCc1ccc(C)cc1OCCOC.I. The summed E-state index contributed by atoms with van der Waals surface area (Å²) in [6.45, 7) is 7.57. The van der Waals surface area contributed by atoms with E-state index in [1.165, 1.54) is 11.1 Å². The van der Waals surface area contributed by atoms with Crippen LogP contribution in [0.4, 0.5) is 0 Å². The summed E-state index contributed by atoms with van der Waals surface area (Å²) in [4.78, 5) is 8.98. The van der Waals surface area contributed by atoms with Gasteiger partial charge in [-0.25, -0.2) is 4.98 Å². The number of ether oxygens (including phenoxy) is 2. The Morgan fingerprint density at radius 3 is 2.69 bits per heavy atom. The highest BCUT2D eigenvalue weighted by Crippen LogP contribution is 2.20. The van der Waals surface area contributed by atoms with E-state index < -0.39 is 0 Å². The second-order valence-corrected chi connectivity index (χ2v) is 7.46. The summed E-state index contributed by atoms with van der Waals surface area (Å²) in [5, 5.41) is 6.78. The molecule has 0 unspecified atom stereocenters. The number of hydrogen-bond acceptors (Lipinski definition) is 4. The molecule has 0 saturated carbocycles. The van der Waals surface area contributed by atoms with Crippen LogP contribution >= 0.6 is 24.0 Å². The largest absolute Gasteiger partial charge is 0.491 e. The first kappa shape index (κ1) is 25.9. The van der Waals surface area contributed by atoms with Crippen LogP contribution in [0.3, 0.4) is 0 Å². The van der Waals surface area contributed by atoms with Crippen molar-refractivity contribution in [2.75, 3.05) is 33.9 Å². The number of nitrogens with zero attached hydrogens (tertiary/aromatic N) is 3. The molecule has 0 bridgehead atoms. The quantitative estimate of drug-likeness (QED) is 0.172. The van der Waals surface area contributed by atoms with Crippen molar-refractivity contribution in [3.63, 3.8) is 0 Å². The van der Waals surface area contributed by atoms with Crippen LogP contribution in [0.25, 0.3) is 11.0 Å². The summed E-state index contributed by atoms with van der Waals surface area (Å²) in [5.41, 5.74) is 4.49. The smallest absolute Gasteiger partial charge is 0.191 e. The number of hydrogen-bond donors (Lipinski definition) is 2. The van der Waals surface area contributed by atoms with Crippen LogP contribution in [0.15, 0.2) is 47.5 Å². The molecule has 1 heterocycles. The molecule has 0 radical (unpaired) electrons. The first-order valence-electron chi connectivity index (χ1n) is 10.7. The Hall–Kier alpha value is -2.33. The Balaban J connectivity index is 0.00000363. The Labute approximate surface area is 207 Å². The molecule has 0 spiro atoms. The normalized spacial score (nSPS) is 11.3. The van der Waals surface area contributed by atoms with Gasteiger partial charge < -0.3 is 24.7 Å². The van der Waals surface area contributed by atoms with Gasteiger partial charge in [-0.1, -0.05) is 24.3 Å². The molecule has 0 aliphatic carbocycles. The zero-order valence-corrected chi connectivity index (χ0v) is 21.7. The van der Waals surface area contributed by atoms with E-state index in [0.29, 0.717) is 19.8 Å². The Bertz CT molecular complexity index is 1020. The number of aromatic nitrogens is 2. The average molecular weight is 551 g/mol. The number of fused-ring (bicyclic) bond motifs is 1. The summed E-state index contributed by atoms with van der Waals surface area (Å²) in [7, 11) is 3.46. The first-order chi connectivity index (χ1) is 15.1. The first-order valence-corrected chi connectivity index (χ1v) is 10.7. The maximum Gasteiger partial charge on any atom is 0.191 e. The molecule has 0 saturated heterocycles. The number of para-hydroxylation sites is 2. The maximum absolute atomic E-state index is 5.88. The van der Waals surface area contributed by atoms with E-state index in [4.69, 9.17) is 9.47 Å². The minimum atomic E-state index is 0. The molecule has 0 atom stereocenters. The van der Waals surface area contributed by atoms with Crippen molar-refractivity contribution in [3.8, 4) is 5.75 Å². The van der Waals surface area contributed by atoms with Gasteiger partial charge in [-0.15, -0.1) is 24.0 Å². The molecule has 174 valence electrons. The predicted molar refractivity (Wildman–Crippen MR) is 141 cm³/mol. The van der Waals surface area contributed by atoms with E-state index in [0.717, 1.165) is 48.1 Å². The molecule has 3 aromatic rings. The van der Waals surface area contributed by atoms with Crippen molar-refractivity contribution < 1.29 is 9.47 Å². The topological polar surface area (TPSA) is 72.7 Å². The lowest BCUT2D eigenvalue weighted by atomic mass is 10.1. The predicted octanol–water partition coefficient (Wildman–Crippen LogP) is 4.05. The standard InChI is InChI=1S/C24H33N5O2.HI/c1-18-10-11-20(23(16-18)31-15-14-30-4)17-27-24(25-3)26-12-7-13-29-19(2)28-21-8-5-6-9-22(21)29;/h5-6,8-11,16H,7,12-15,17H2,1-4H3,(H2,25,26,27);1H. The molecule has 32 heavy (non-hydrogen) atoms. The van der Waals surface area contributed by atoms with E-state index in [2.05, 4.69) is 75.4 Å². The van der Waals surface area contributed by atoms with Gasteiger partial charge in [0.25, 0.3) is 0 Å². The highest BCUT2D eigenvalue weighted by atomic mass is 127. The Morgan fingerprint density at radius 2 is 1.91 bits per heavy atom. The van der Waals surface area contributed by atoms with Crippen LogP contribution in [0, 0.1) is 13.8 Å². The molecule has 7 nitrogen and oxygen atoms in total. The second-order valence-electron chi connectivity index (χ2n) is 7.46. The average Bonchev–Trinajstić information content (AvgIpc) is 3.09. The molecule has 0 fully saturated rings. The number of nitrogens with one attached hydrogen (secondary N) is 2. The Morgan fingerprint density at radius 1 is 1.09 bits per heavy atom. The minimum absolute atomic E-state index is 0. The lowest BCUT2D eigenvalue weighted by Crippen LogP contribution is -2.37. The third-order valence-corrected chi connectivity index (χ3v) is 5.13. The molecular weight excluding hydrogens is 517 g/mol. The maximum atomic E-state index is 5.88. The van der Waals surface area contributed by atoms with E-state index in [1.807, 2.05) is 6.07 Å². The summed E-state index contributed by atoms with van der Waals surface area (Å²) in [6, 6.07) is 14.5. The highest BCUT2D eigenvalue weighted by molar-refractivity contribution is 14.0. The van der Waals surface area contributed by atoms with Gasteiger partial charge in [0.1, 0.15) is 18.2 Å². The van der Waals surface area contributed by atoms with Crippen molar-refractivity contribution >= 4 is 41.0 Å². The number of benzene rings is 2. The van der Waals surface area contributed by atoms with Gasteiger partial charge in [-0.05, 0) is 44.0 Å². The highest BCUT2D eigenvalue weighted by Gasteiger charge is 2.08. The summed E-state index contributed by atoms with van der Waals surface area (Å²) in [6.07, 6.45) is 0.970. The van der Waals surface area contributed by atoms with Crippen LogP contribution in [-0.4, -0.2) is 49.4 Å². The van der Waals surface area contributed by atoms with Crippen LogP contribution < -0.4 is 15.4 Å². The van der Waals surface area contributed by atoms with Crippen LogP contribution in [0.1, 0.15) is 23.4 Å². The number of halogens is 1. The van der Waals surface area contributed by atoms with E-state index in [-0.39, 0.29) is 24.0 Å². The second kappa shape index (κ2) is 13.3. The lowest BCUT2D eigenvalue weighted by molar-refractivity contribution is 0.145.